The molecule has 1 aromatic heterocycles. The van der Waals surface area contributed by atoms with Crippen molar-refractivity contribution in [3.8, 4) is 0 Å². The fourth-order valence-corrected chi connectivity index (χ4v) is 2.23. The average Bonchev–Trinajstić information content (AvgIpc) is 2.72. The first-order chi connectivity index (χ1) is 8.49. The number of anilines is 1. The van der Waals surface area contributed by atoms with Crippen LogP contribution in [0.5, 0.6) is 0 Å². The summed E-state index contributed by atoms with van der Waals surface area (Å²) in [6.07, 6.45) is 1.22. The second-order valence-corrected chi connectivity index (χ2v) is 4.74. The van der Waals surface area contributed by atoms with Gasteiger partial charge in [-0.3, -0.25) is 14.4 Å². The Bertz CT molecular complexity index is 470. The highest BCUT2D eigenvalue weighted by molar-refractivity contribution is 7.16. The van der Waals surface area contributed by atoms with Gasteiger partial charge in [0.05, 0.1) is 5.56 Å². The average molecular weight is 270 g/mol. The largest absolute Gasteiger partial charge is 0.480 e. The number of carboxylic acid groups (broad SMARTS) is 1. The number of carboxylic acids is 1. The molecule has 2 amide bonds. The van der Waals surface area contributed by atoms with Crippen molar-refractivity contribution in [2.75, 3.05) is 5.32 Å². The molecule has 1 rings (SSSR count). The van der Waals surface area contributed by atoms with Crippen LogP contribution in [0.15, 0.2) is 6.07 Å². The zero-order chi connectivity index (χ0) is 13.7. The van der Waals surface area contributed by atoms with Crippen LogP contribution in [-0.4, -0.2) is 29.4 Å². The molecular formula is C11H14N2O4S. The van der Waals surface area contributed by atoms with Gasteiger partial charge in [0.25, 0.3) is 5.91 Å². The Hall–Kier alpha value is -1.89. The van der Waals surface area contributed by atoms with E-state index in [2.05, 4.69) is 10.6 Å². The summed E-state index contributed by atoms with van der Waals surface area (Å²) in [6, 6.07) is 0.673. The van der Waals surface area contributed by atoms with Crippen molar-refractivity contribution in [2.24, 2.45) is 0 Å². The van der Waals surface area contributed by atoms with Crippen molar-refractivity contribution in [1.29, 1.82) is 0 Å². The maximum atomic E-state index is 11.9. The second kappa shape index (κ2) is 6.15. The van der Waals surface area contributed by atoms with Crippen LogP contribution in [0, 0.1) is 0 Å². The third-order valence-corrected chi connectivity index (χ3v) is 3.49. The highest BCUT2D eigenvalue weighted by atomic mass is 32.1. The zero-order valence-electron chi connectivity index (χ0n) is 10.0. The fourth-order valence-electron chi connectivity index (χ4n) is 1.28. The Labute approximate surface area is 108 Å². The quantitative estimate of drug-likeness (QED) is 0.674. The van der Waals surface area contributed by atoms with Crippen molar-refractivity contribution in [3.63, 3.8) is 0 Å². The SMILES string of the molecule is CCc1cc(C(=O)N[C@H](C)C(=O)O)c(NC=O)s1. The minimum absolute atomic E-state index is 0.289. The summed E-state index contributed by atoms with van der Waals surface area (Å²) in [4.78, 5) is 33.9. The normalized spacial score (nSPS) is 11.7. The maximum Gasteiger partial charge on any atom is 0.325 e. The third kappa shape index (κ3) is 3.30. The van der Waals surface area contributed by atoms with Gasteiger partial charge in [0.1, 0.15) is 11.0 Å². The van der Waals surface area contributed by atoms with E-state index in [-0.39, 0.29) is 5.56 Å². The van der Waals surface area contributed by atoms with Gasteiger partial charge in [-0.25, -0.2) is 0 Å². The van der Waals surface area contributed by atoms with Crippen molar-refractivity contribution in [1.82, 2.24) is 5.32 Å². The number of hydrogen-bond donors (Lipinski definition) is 3. The lowest BCUT2D eigenvalue weighted by atomic mass is 10.2. The molecule has 0 aliphatic rings. The molecule has 3 N–H and O–H groups in total. The first-order valence-corrected chi connectivity index (χ1v) is 6.17. The summed E-state index contributed by atoms with van der Waals surface area (Å²) in [5.74, 6) is -1.62. The lowest BCUT2D eigenvalue weighted by molar-refractivity contribution is -0.138. The highest BCUT2D eigenvalue weighted by Gasteiger charge is 2.19. The predicted octanol–water partition coefficient (Wildman–Crippen LogP) is 1.08. The van der Waals surface area contributed by atoms with Gasteiger partial charge in [0, 0.05) is 4.88 Å². The Morgan fingerprint density at radius 3 is 2.72 bits per heavy atom. The molecule has 0 radical (unpaired) electrons. The molecule has 0 spiro atoms. The van der Waals surface area contributed by atoms with Gasteiger partial charge in [0.2, 0.25) is 6.41 Å². The van der Waals surface area contributed by atoms with Crippen LogP contribution in [0.25, 0.3) is 0 Å². The summed E-state index contributed by atoms with van der Waals surface area (Å²) in [6.45, 7) is 3.30. The van der Waals surface area contributed by atoms with Gasteiger partial charge in [0.15, 0.2) is 0 Å². The molecule has 0 unspecified atom stereocenters. The van der Waals surface area contributed by atoms with E-state index in [1.54, 1.807) is 6.07 Å². The Kier molecular flexibility index (Phi) is 4.85. The standard InChI is InChI=1S/C11H14N2O4S/c1-3-7-4-8(10(18-7)12-5-14)9(15)13-6(2)11(16)17/h4-6H,3H2,1-2H3,(H,12,14)(H,13,15)(H,16,17)/t6-/m1/s1. The molecule has 0 bridgehead atoms. The molecule has 98 valence electrons. The molecule has 18 heavy (non-hydrogen) atoms. The van der Waals surface area contributed by atoms with Crippen LogP contribution in [0.3, 0.4) is 0 Å². The van der Waals surface area contributed by atoms with Gasteiger partial charge in [-0.05, 0) is 19.4 Å². The molecule has 0 aliphatic heterocycles. The van der Waals surface area contributed by atoms with Crippen LogP contribution in [0.1, 0.15) is 29.1 Å². The van der Waals surface area contributed by atoms with Crippen LogP contribution in [-0.2, 0) is 16.0 Å². The molecule has 6 nitrogen and oxygen atoms in total. The first kappa shape index (κ1) is 14.2. The van der Waals surface area contributed by atoms with Crippen LogP contribution in [0.2, 0.25) is 0 Å². The van der Waals surface area contributed by atoms with Gasteiger partial charge in [-0.1, -0.05) is 6.92 Å². The van der Waals surface area contributed by atoms with Gasteiger partial charge >= 0.3 is 5.97 Å². The minimum atomic E-state index is -1.11. The van der Waals surface area contributed by atoms with Gasteiger partial charge in [-0.15, -0.1) is 11.3 Å². The summed E-state index contributed by atoms with van der Waals surface area (Å²) < 4.78 is 0. The van der Waals surface area contributed by atoms with Crippen LogP contribution >= 0.6 is 11.3 Å². The monoisotopic (exact) mass is 270 g/mol. The van der Waals surface area contributed by atoms with E-state index in [9.17, 15) is 14.4 Å². The number of thiophene rings is 1. The Morgan fingerprint density at radius 1 is 1.56 bits per heavy atom. The van der Waals surface area contributed by atoms with Crippen LogP contribution < -0.4 is 10.6 Å². The van der Waals surface area contributed by atoms with E-state index >= 15 is 0 Å². The molecule has 0 aliphatic carbocycles. The molecule has 0 saturated heterocycles. The molecular weight excluding hydrogens is 256 g/mol. The van der Waals surface area contributed by atoms with E-state index in [0.29, 0.717) is 11.4 Å². The van der Waals surface area contributed by atoms with Crippen molar-refractivity contribution in [2.45, 2.75) is 26.3 Å². The van der Waals surface area contributed by atoms with Crippen molar-refractivity contribution >= 4 is 34.6 Å². The summed E-state index contributed by atoms with van der Waals surface area (Å²) in [5.41, 5.74) is 0.289. The summed E-state index contributed by atoms with van der Waals surface area (Å²) >= 11 is 1.30. The fraction of sp³-hybridized carbons (Fsp3) is 0.364. The first-order valence-electron chi connectivity index (χ1n) is 5.36. The molecule has 1 heterocycles. The van der Waals surface area contributed by atoms with Gasteiger partial charge < -0.3 is 15.7 Å². The topological polar surface area (TPSA) is 95.5 Å². The van der Waals surface area contributed by atoms with Crippen molar-refractivity contribution < 1.29 is 19.5 Å². The molecule has 1 atom stereocenters. The zero-order valence-corrected chi connectivity index (χ0v) is 10.8. The van der Waals surface area contributed by atoms with E-state index < -0.39 is 17.9 Å². The molecule has 7 heteroatoms. The number of nitrogens with one attached hydrogen (secondary N) is 2. The smallest absolute Gasteiger partial charge is 0.325 e. The Balaban J connectivity index is 2.92. The van der Waals surface area contributed by atoms with E-state index in [4.69, 9.17) is 5.11 Å². The number of aryl methyl sites for hydroxylation is 1. The number of rotatable bonds is 6. The summed E-state index contributed by atoms with van der Waals surface area (Å²) in [7, 11) is 0. The second-order valence-electron chi connectivity index (χ2n) is 3.60. The van der Waals surface area contributed by atoms with Crippen molar-refractivity contribution in [3.05, 3.63) is 16.5 Å². The molecule has 0 saturated carbocycles. The third-order valence-electron chi connectivity index (χ3n) is 2.28. The maximum absolute atomic E-state index is 11.9. The predicted molar refractivity (Wildman–Crippen MR) is 67.9 cm³/mol. The molecule has 0 aromatic carbocycles. The van der Waals surface area contributed by atoms with E-state index in [1.165, 1.54) is 18.3 Å². The highest BCUT2D eigenvalue weighted by Crippen LogP contribution is 2.28. The number of carbonyl (C=O) groups excluding carboxylic acids is 2. The van der Waals surface area contributed by atoms with Gasteiger partial charge in [-0.2, -0.15) is 0 Å². The van der Waals surface area contributed by atoms with E-state index in [1.807, 2.05) is 6.92 Å². The Morgan fingerprint density at radius 2 is 2.22 bits per heavy atom. The number of amides is 2. The number of hydrogen-bond acceptors (Lipinski definition) is 4. The lowest BCUT2D eigenvalue weighted by Gasteiger charge is -2.09. The molecule has 0 fully saturated rings. The molecule has 1 aromatic rings. The number of carbonyl (C=O) groups is 3. The van der Waals surface area contributed by atoms with E-state index in [0.717, 1.165) is 11.3 Å². The van der Waals surface area contributed by atoms with Crippen LogP contribution in [0.4, 0.5) is 5.00 Å². The number of aliphatic carboxylic acids is 1. The minimum Gasteiger partial charge on any atom is -0.480 e. The summed E-state index contributed by atoms with van der Waals surface area (Å²) in [5, 5.41) is 13.9. The lowest BCUT2D eigenvalue weighted by Crippen LogP contribution is -2.38.